The zero-order valence-corrected chi connectivity index (χ0v) is 17.5. The van der Waals surface area contributed by atoms with E-state index in [9.17, 15) is 19.6 Å². The lowest BCUT2D eigenvalue weighted by Gasteiger charge is -2.28. The summed E-state index contributed by atoms with van der Waals surface area (Å²) in [5.41, 5.74) is 5.37. The fourth-order valence-electron chi connectivity index (χ4n) is 4.66. The summed E-state index contributed by atoms with van der Waals surface area (Å²) in [5.74, 6) is -1.67. The number of ether oxygens (including phenoxy) is 1. The van der Waals surface area contributed by atoms with Crippen LogP contribution in [0.5, 0.6) is 5.75 Å². The molecule has 3 aliphatic rings. The molecule has 2 aromatic rings. The first-order valence-electron chi connectivity index (χ1n) is 10.0. The monoisotopic (exact) mass is 442 g/mol. The Labute approximate surface area is 180 Å². The molecular weight excluding hydrogens is 423 g/mol. The summed E-state index contributed by atoms with van der Waals surface area (Å²) in [6.45, 7) is 0.425. The van der Waals surface area contributed by atoms with E-state index in [1.165, 1.54) is 7.11 Å². The van der Waals surface area contributed by atoms with Gasteiger partial charge in [0, 0.05) is 12.6 Å². The number of methoxy groups -OCH3 is 1. The van der Waals surface area contributed by atoms with E-state index >= 15 is 4.39 Å². The SMILES string of the molecule is COc1c(N2CCC[C@H]2C(N)=O)c(F)cc2c(=O)c3c(n(C4CC4)c12)SC(C#N)C3=O. The van der Waals surface area contributed by atoms with Crippen molar-refractivity contribution in [2.45, 2.75) is 48.0 Å². The average Bonchev–Trinajstić information content (AvgIpc) is 3.35. The Bertz CT molecular complexity index is 1260. The number of hydrogen-bond acceptors (Lipinski definition) is 7. The first-order chi connectivity index (χ1) is 14.9. The fourth-order valence-corrected chi connectivity index (χ4v) is 5.82. The summed E-state index contributed by atoms with van der Waals surface area (Å²) in [5, 5.41) is 8.82. The van der Waals surface area contributed by atoms with Gasteiger partial charge in [0.1, 0.15) is 11.7 Å². The maximum Gasteiger partial charge on any atom is 0.240 e. The van der Waals surface area contributed by atoms with Crippen molar-refractivity contribution >= 4 is 40.0 Å². The first kappa shape index (κ1) is 19.9. The van der Waals surface area contributed by atoms with Crippen LogP contribution in [-0.4, -0.2) is 41.2 Å². The summed E-state index contributed by atoms with van der Waals surface area (Å²) in [4.78, 5) is 39.5. The molecule has 1 unspecified atom stereocenters. The lowest BCUT2D eigenvalue weighted by molar-refractivity contribution is -0.119. The first-order valence-corrected chi connectivity index (χ1v) is 10.9. The van der Waals surface area contributed by atoms with Gasteiger partial charge in [-0.2, -0.15) is 5.26 Å². The average molecular weight is 442 g/mol. The summed E-state index contributed by atoms with van der Waals surface area (Å²) in [7, 11) is 1.39. The molecule has 2 N–H and O–H groups in total. The van der Waals surface area contributed by atoms with E-state index in [2.05, 4.69) is 0 Å². The Balaban J connectivity index is 1.87. The van der Waals surface area contributed by atoms with Crippen molar-refractivity contribution in [2.24, 2.45) is 5.73 Å². The number of ketones is 1. The third-order valence-corrected chi connectivity index (χ3v) is 7.32. The summed E-state index contributed by atoms with van der Waals surface area (Å²) in [6, 6.07) is 2.40. The highest BCUT2D eigenvalue weighted by molar-refractivity contribution is 8.01. The Morgan fingerprint density at radius 1 is 1.35 bits per heavy atom. The van der Waals surface area contributed by atoms with E-state index < -0.39 is 34.2 Å². The van der Waals surface area contributed by atoms with Gasteiger partial charge in [-0.25, -0.2) is 4.39 Å². The number of thioether (sulfide) groups is 1. The second kappa shape index (κ2) is 6.99. The van der Waals surface area contributed by atoms with E-state index in [-0.39, 0.29) is 28.4 Å². The zero-order chi connectivity index (χ0) is 22.0. The largest absolute Gasteiger partial charge is 0.492 e. The van der Waals surface area contributed by atoms with E-state index in [0.29, 0.717) is 29.9 Å². The maximum absolute atomic E-state index is 15.4. The molecule has 1 saturated heterocycles. The number of carbonyl (C=O) groups excluding carboxylic acids is 2. The Morgan fingerprint density at radius 2 is 2.10 bits per heavy atom. The van der Waals surface area contributed by atoms with Crippen molar-refractivity contribution in [3.8, 4) is 11.8 Å². The number of rotatable bonds is 4. The maximum atomic E-state index is 15.4. The lowest BCUT2D eigenvalue weighted by Crippen LogP contribution is -2.41. The van der Waals surface area contributed by atoms with Crippen LogP contribution in [0.2, 0.25) is 0 Å². The van der Waals surface area contributed by atoms with Gasteiger partial charge in [0.25, 0.3) is 0 Å². The molecule has 1 saturated carbocycles. The van der Waals surface area contributed by atoms with Gasteiger partial charge in [-0.3, -0.25) is 14.4 Å². The van der Waals surface area contributed by atoms with Crippen molar-refractivity contribution in [3.05, 3.63) is 27.7 Å². The second-order valence-corrected chi connectivity index (χ2v) is 9.09. The van der Waals surface area contributed by atoms with Crippen LogP contribution in [0.1, 0.15) is 42.1 Å². The van der Waals surface area contributed by atoms with Crippen LogP contribution in [0, 0.1) is 17.1 Å². The van der Waals surface area contributed by atoms with Crippen LogP contribution in [0.3, 0.4) is 0 Å². The van der Waals surface area contributed by atoms with Gasteiger partial charge in [-0.15, -0.1) is 0 Å². The standard InChI is InChI=1S/C21H19FN4O4S/c1-30-19-15-10(7-11(22)16(19)25-6-2-3-12(25)20(24)29)17(27)14-18(28)13(8-23)31-21(14)26(15)9-4-5-9/h7,9,12-13H,2-6H2,1H3,(H2,24,29)/t12-,13?/m0/s1. The van der Waals surface area contributed by atoms with Crippen molar-refractivity contribution in [2.75, 3.05) is 18.6 Å². The van der Waals surface area contributed by atoms with Crippen LogP contribution >= 0.6 is 11.8 Å². The normalized spacial score (nSPS) is 22.6. The number of hydrogen-bond donors (Lipinski definition) is 1. The molecule has 5 rings (SSSR count). The molecule has 160 valence electrons. The third kappa shape index (κ3) is 2.76. The number of halogens is 1. The molecule has 2 aliphatic heterocycles. The highest BCUT2D eigenvalue weighted by Gasteiger charge is 2.42. The van der Waals surface area contributed by atoms with Crippen LogP contribution < -0.4 is 20.8 Å². The van der Waals surface area contributed by atoms with Crippen LogP contribution in [0.4, 0.5) is 10.1 Å². The van der Waals surface area contributed by atoms with Gasteiger partial charge in [0.2, 0.25) is 11.3 Å². The molecular formula is C21H19FN4O4S. The van der Waals surface area contributed by atoms with Crippen LogP contribution in [0.25, 0.3) is 10.9 Å². The molecule has 0 spiro atoms. The number of nitrogens with zero attached hydrogens (tertiary/aromatic N) is 3. The predicted octanol–water partition coefficient (Wildman–Crippen LogP) is 2.12. The van der Waals surface area contributed by atoms with Gasteiger partial charge in [-0.05, 0) is 31.7 Å². The van der Waals surface area contributed by atoms with Crippen molar-refractivity contribution < 1.29 is 18.7 Å². The van der Waals surface area contributed by atoms with E-state index in [1.807, 2.05) is 10.6 Å². The smallest absolute Gasteiger partial charge is 0.240 e. The fraction of sp³-hybridized carbons (Fsp3) is 0.429. The molecule has 10 heteroatoms. The molecule has 1 aromatic heterocycles. The molecule has 8 nitrogen and oxygen atoms in total. The van der Waals surface area contributed by atoms with Gasteiger partial charge in [-0.1, -0.05) is 11.8 Å². The minimum Gasteiger partial charge on any atom is -0.492 e. The van der Waals surface area contributed by atoms with E-state index in [0.717, 1.165) is 30.7 Å². The molecule has 31 heavy (non-hydrogen) atoms. The Morgan fingerprint density at radius 3 is 2.71 bits per heavy atom. The molecule has 0 bridgehead atoms. The summed E-state index contributed by atoms with van der Waals surface area (Å²) >= 11 is 1.05. The highest BCUT2D eigenvalue weighted by atomic mass is 32.2. The number of primary amides is 1. The summed E-state index contributed by atoms with van der Waals surface area (Å²) in [6.07, 6.45) is 2.84. The highest BCUT2D eigenvalue weighted by Crippen LogP contribution is 2.49. The van der Waals surface area contributed by atoms with E-state index in [1.54, 1.807) is 4.90 Å². The number of Topliss-reactive ketones (excluding diaryl/α,β-unsaturated/α-hetero) is 1. The molecule has 2 fully saturated rings. The quantitative estimate of drug-likeness (QED) is 0.770. The predicted molar refractivity (Wildman–Crippen MR) is 112 cm³/mol. The molecule has 1 aliphatic carbocycles. The molecule has 3 heterocycles. The molecule has 1 aromatic carbocycles. The van der Waals surface area contributed by atoms with Gasteiger partial charge >= 0.3 is 0 Å². The summed E-state index contributed by atoms with van der Waals surface area (Å²) < 4.78 is 22.9. The van der Waals surface area contributed by atoms with Gasteiger partial charge in [0.15, 0.2) is 22.6 Å². The third-order valence-electron chi connectivity index (χ3n) is 6.14. The number of amides is 1. The molecule has 1 amide bonds. The van der Waals surface area contributed by atoms with Crippen molar-refractivity contribution in [1.29, 1.82) is 5.26 Å². The number of nitrogens with two attached hydrogens (primary N) is 1. The number of anilines is 1. The minimum absolute atomic E-state index is 0.0207. The van der Waals surface area contributed by atoms with Crippen molar-refractivity contribution in [3.63, 3.8) is 0 Å². The van der Waals surface area contributed by atoms with Crippen molar-refractivity contribution in [1.82, 2.24) is 4.57 Å². The second-order valence-electron chi connectivity index (χ2n) is 7.99. The molecule has 0 radical (unpaired) electrons. The zero-order valence-electron chi connectivity index (χ0n) is 16.7. The molecule has 2 atom stereocenters. The topological polar surface area (TPSA) is 118 Å². The number of pyridine rings is 1. The van der Waals surface area contributed by atoms with Gasteiger partial charge in [0.05, 0.1) is 34.7 Å². The van der Waals surface area contributed by atoms with Crippen LogP contribution in [0.15, 0.2) is 15.9 Å². The van der Waals surface area contributed by atoms with Gasteiger partial charge < -0.3 is 19.9 Å². The Hall–Kier alpha value is -3.06. The number of fused-ring (bicyclic) bond motifs is 2. The van der Waals surface area contributed by atoms with E-state index in [4.69, 9.17) is 10.5 Å². The lowest BCUT2D eigenvalue weighted by atomic mass is 10.0. The number of nitriles is 1. The number of aromatic nitrogens is 1. The Kier molecular flexibility index (Phi) is 4.48. The number of carbonyl (C=O) groups is 2. The van der Waals surface area contributed by atoms with Crippen LogP contribution in [-0.2, 0) is 4.79 Å². The minimum atomic E-state index is -1.00. The number of benzene rings is 1.